The molecule has 0 aliphatic heterocycles. The fraction of sp³-hybridized carbons (Fsp3) is 0.667. The van der Waals surface area contributed by atoms with Crippen LogP contribution in [0.2, 0.25) is 5.15 Å². The molecular formula is C24H31ClN2O2. The number of carbonyl (C=O) groups is 1. The van der Waals surface area contributed by atoms with Crippen molar-refractivity contribution in [1.29, 1.82) is 0 Å². The van der Waals surface area contributed by atoms with Gasteiger partial charge in [-0.05, 0) is 61.7 Å². The summed E-state index contributed by atoms with van der Waals surface area (Å²) in [4.78, 5) is 15.7. The highest BCUT2D eigenvalue weighted by atomic mass is 35.5. The number of rotatable bonds is 2. The molecule has 1 aromatic heterocycles. The van der Waals surface area contributed by atoms with Crippen LogP contribution in [0.4, 0.5) is 0 Å². The molecule has 4 aliphatic carbocycles. The lowest BCUT2D eigenvalue weighted by Crippen LogP contribution is -2.50. The Morgan fingerprint density at radius 2 is 1.97 bits per heavy atom. The summed E-state index contributed by atoms with van der Waals surface area (Å²) >= 11 is 6.11. The van der Waals surface area contributed by atoms with E-state index in [1.807, 2.05) is 12.5 Å². The second-order valence-corrected chi connectivity index (χ2v) is 10.5. The van der Waals surface area contributed by atoms with Crippen molar-refractivity contribution in [3.05, 3.63) is 35.4 Å². The van der Waals surface area contributed by atoms with E-state index in [2.05, 4.69) is 35.6 Å². The molecule has 0 N–H and O–H groups in total. The Morgan fingerprint density at radius 1 is 1.17 bits per heavy atom. The van der Waals surface area contributed by atoms with Crippen LogP contribution in [0.1, 0.15) is 65.7 Å². The van der Waals surface area contributed by atoms with Gasteiger partial charge in [0.25, 0.3) is 0 Å². The minimum absolute atomic E-state index is 0.0722. The van der Waals surface area contributed by atoms with Gasteiger partial charge in [-0.15, -0.1) is 0 Å². The van der Waals surface area contributed by atoms with Crippen molar-refractivity contribution in [2.24, 2.45) is 28.6 Å². The standard InChI is InChI=1S/C24H31ClN2O2/c1-15(28)29-17-8-10-23(2)16(12-17)4-5-18-19-6-7-21(27-13-22(25)26-14-27)24(19,3)11-9-20(18)23/h4,7,13-14,17-20H,5-6,8-12H2,1-3H3. The molecular weight excluding hydrogens is 384 g/mol. The molecule has 5 heteroatoms. The van der Waals surface area contributed by atoms with Crippen LogP contribution in [0.25, 0.3) is 5.70 Å². The molecule has 6 unspecified atom stereocenters. The molecule has 2 saturated carbocycles. The maximum Gasteiger partial charge on any atom is 0.302 e. The molecule has 5 rings (SSSR count). The van der Waals surface area contributed by atoms with Gasteiger partial charge in [0.05, 0.1) is 0 Å². The van der Waals surface area contributed by atoms with Gasteiger partial charge in [-0.3, -0.25) is 4.79 Å². The molecule has 156 valence electrons. The van der Waals surface area contributed by atoms with Crippen LogP contribution in [0, 0.1) is 28.6 Å². The van der Waals surface area contributed by atoms with E-state index >= 15 is 0 Å². The highest BCUT2D eigenvalue weighted by molar-refractivity contribution is 6.29. The molecule has 0 radical (unpaired) electrons. The van der Waals surface area contributed by atoms with Crippen LogP contribution >= 0.6 is 11.6 Å². The molecule has 6 atom stereocenters. The smallest absolute Gasteiger partial charge is 0.302 e. The van der Waals surface area contributed by atoms with Crippen LogP contribution in [-0.4, -0.2) is 21.6 Å². The zero-order chi connectivity index (χ0) is 20.4. The molecule has 1 heterocycles. The third-order valence-electron chi connectivity index (χ3n) is 8.76. The fourth-order valence-electron chi connectivity index (χ4n) is 7.34. The van der Waals surface area contributed by atoms with E-state index in [9.17, 15) is 4.79 Å². The Balaban J connectivity index is 1.41. The van der Waals surface area contributed by atoms with E-state index in [4.69, 9.17) is 16.3 Å². The van der Waals surface area contributed by atoms with Gasteiger partial charge in [0.2, 0.25) is 0 Å². The Bertz CT molecular complexity index is 902. The summed E-state index contributed by atoms with van der Waals surface area (Å²) in [6.45, 7) is 6.47. The van der Waals surface area contributed by atoms with Gasteiger partial charge in [0.15, 0.2) is 0 Å². The molecule has 2 fully saturated rings. The lowest BCUT2D eigenvalue weighted by Gasteiger charge is -2.57. The quantitative estimate of drug-likeness (QED) is 0.448. The largest absolute Gasteiger partial charge is 0.462 e. The van der Waals surface area contributed by atoms with Crippen molar-refractivity contribution in [3.8, 4) is 0 Å². The first-order chi connectivity index (χ1) is 13.8. The van der Waals surface area contributed by atoms with Crippen molar-refractivity contribution >= 4 is 23.3 Å². The molecule has 0 spiro atoms. The number of fused-ring (bicyclic) bond motifs is 5. The zero-order valence-corrected chi connectivity index (χ0v) is 18.4. The van der Waals surface area contributed by atoms with Gasteiger partial charge in [-0.1, -0.05) is 43.2 Å². The molecule has 0 aromatic carbocycles. The van der Waals surface area contributed by atoms with Gasteiger partial charge in [0.1, 0.15) is 17.6 Å². The summed E-state index contributed by atoms with van der Waals surface area (Å²) in [5.74, 6) is 1.99. The van der Waals surface area contributed by atoms with Crippen LogP contribution in [0.15, 0.2) is 30.2 Å². The van der Waals surface area contributed by atoms with Gasteiger partial charge in [0, 0.05) is 30.7 Å². The van der Waals surface area contributed by atoms with Crippen molar-refractivity contribution in [2.75, 3.05) is 0 Å². The maximum atomic E-state index is 11.4. The lowest BCUT2D eigenvalue weighted by atomic mass is 9.48. The summed E-state index contributed by atoms with van der Waals surface area (Å²) in [6.07, 6.45) is 16.7. The normalized spacial score (nSPS) is 41.0. The number of halogens is 1. The van der Waals surface area contributed by atoms with Crippen molar-refractivity contribution < 1.29 is 9.53 Å². The first kappa shape index (κ1) is 19.4. The number of nitrogens with zero attached hydrogens (tertiary/aromatic N) is 2. The van der Waals surface area contributed by atoms with Crippen molar-refractivity contribution in [1.82, 2.24) is 9.55 Å². The van der Waals surface area contributed by atoms with Gasteiger partial charge in [-0.25, -0.2) is 4.98 Å². The average Bonchev–Trinajstić information content (AvgIpc) is 3.24. The van der Waals surface area contributed by atoms with Crippen LogP contribution in [0.5, 0.6) is 0 Å². The molecule has 0 amide bonds. The Hall–Kier alpha value is -1.55. The molecule has 4 nitrogen and oxygen atoms in total. The number of allylic oxidation sites excluding steroid dienone is 3. The van der Waals surface area contributed by atoms with Crippen LogP contribution in [-0.2, 0) is 9.53 Å². The van der Waals surface area contributed by atoms with Gasteiger partial charge >= 0.3 is 5.97 Å². The molecule has 0 saturated heterocycles. The Morgan fingerprint density at radius 3 is 2.69 bits per heavy atom. The monoisotopic (exact) mass is 414 g/mol. The minimum Gasteiger partial charge on any atom is -0.462 e. The predicted molar refractivity (Wildman–Crippen MR) is 114 cm³/mol. The average molecular weight is 415 g/mol. The Labute approximate surface area is 178 Å². The maximum absolute atomic E-state index is 11.4. The topological polar surface area (TPSA) is 44.1 Å². The van der Waals surface area contributed by atoms with Crippen LogP contribution in [0.3, 0.4) is 0 Å². The van der Waals surface area contributed by atoms with Gasteiger partial charge < -0.3 is 9.30 Å². The molecule has 29 heavy (non-hydrogen) atoms. The minimum atomic E-state index is -0.148. The van der Waals surface area contributed by atoms with E-state index < -0.39 is 0 Å². The second-order valence-electron chi connectivity index (χ2n) is 10.1. The predicted octanol–water partition coefficient (Wildman–Crippen LogP) is 5.88. The van der Waals surface area contributed by atoms with Gasteiger partial charge in [-0.2, -0.15) is 0 Å². The number of hydrogen-bond donors (Lipinski definition) is 0. The molecule has 4 aliphatic rings. The highest BCUT2D eigenvalue weighted by Gasteiger charge is 2.57. The summed E-state index contributed by atoms with van der Waals surface area (Å²) in [6, 6.07) is 0. The first-order valence-corrected chi connectivity index (χ1v) is 11.5. The fourth-order valence-corrected chi connectivity index (χ4v) is 7.49. The number of imidazole rings is 1. The molecule has 1 aromatic rings. The number of carbonyl (C=O) groups excluding carboxylic acids is 1. The van der Waals surface area contributed by atoms with E-state index in [0.29, 0.717) is 11.1 Å². The van der Waals surface area contributed by atoms with E-state index in [-0.39, 0.29) is 22.9 Å². The SMILES string of the molecule is CC(=O)OC1CCC2(C)C(=CCC3C2CCC2(C)C(n4cnc(Cl)c4)=CCC32)C1. The first-order valence-electron chi connectivity index (χ1n) is 11.1. The number of hydrogen-bond acceptors (Lipinski definition) is 3. The summed E-state index contributed by atoms with van der Waals surface area (Å²) in [5.41, 5.74) is 3.40. The lowest BCUT2D eigenvalue weighted by molar-refractivity contribution is -0.148. The number of ether oxygens (including phenoxy) is 1. The van der Waals surface area contributed by atoms with Crippen molar-refractivity contribution in [3.63, 3.8) is 0 Å². The Kier molecular flexibility index (Phi) is 4.51. The number of esters is 1. The van der Waals surface area contributed by atoms with Crippen molar-refractivity contribution in [2.45, 2.75) is 71.8 Å². The summed E-state index contributed by atoms with van der Waals surface area (Å²) < 4.78 is 7.72. The summed E-state index contributed by atoms with van der Waals surface area (Å²) in [5, 5.41) is 0.564. The van der Waals surface area contributed by atoms with E-state index in [1.165, 1.54) is 25.5 Å². The second kappa shape index (κ2) is 6.73. The highest BCUT2D eigenvalue weighted by Crippen LogP contribution is 2.65. The molecule has 0 bridgehead atoms. The number of aromatic nitrogens is 2. The zero-order valence-electron chi connectivity index (χ0n) is 17.7. The van der Waals surface area contributed by atoms with Crippen LogP contribution < -0.4 is 0 Å². The van der Waals surface area contributed by atoms with E-state index in [0.717, 1.165) is 43.9 Å². The third kappa shape index (κ3) is 2.93. The third-order valence-corrected chi connectivity index (χ3v) is 8.96. The summed E-state index contributed by atoms with van der Waals surface area (Å²) in [7, 11) is 0. The van der Waals surface area contributed by atoms with E-state index in [1.54, 1.807) is 5.57 Å².